The SMILES string of the molecule is COc1ccc(NC(=O)C(C)(N)c2ccccc2)cc1. The molecule has 2 rings (SSSR count). The fourth-order valence-electron chi connectivity index (χ4n) is 1.85. The molecule has 0 bridgehead atoms. The van der Waals surface area contributed by atoms with Crippen LogP contribution in [-0.2, 0) is 10.3 Å². The van der Waals surface area contributed by atoms with Crippen molar-refractivity contribution in [1.29, 1.82) is 0 Å². The molecule has 0 heterocycles. The van der Waals surface area contributed by atoms with E-state index in [4.69, 9.17) is 10.5 Å². The second-order valence-corrected chi connectivity index (χ2v) is 4.75. The molecule has 0 radical (unpaired) electrons. The monoisotopic (exact) mass is 270 g/mol. The molecule has 1 unspecified atom stereocenters. The topological polar surface area (TPSA) is 64.3 Å². The summed E-state index contributed by atoms with van der Waals surface area (Å²) in [7, 11) is 1.60. The smallest absolute Gasteiger partial charge is 0.248 e. The van der Waals surface area contributed by atoms with Crippen LogP contribution in [0.2, 0.25) is 0 Å². The molecule has 0 saturated heterocycles. The molecule has 0 aliphatic heterocycles. The molecule has 2 aromatic rings. The molecule has 4 heteroatoms. The molecule has 0 saturated carbocycles. The molecule has 0 aromatic heterocycles. The summed E-state index contributed by atoms with van der Waals surface area (Å²) in [6, 6.07) is 16.4. The quantitative estimate of drug-likeness (QED) is 0.897. The molecule has 104 valence electrons. The summed E-state index contributed by atoms with van der Waals surface area (Å²) in [5.74, 6) is 0.482. The first-order chi connectivity index (χ1) is 9.54. The second kappa shape index (κ2) is 5.75. The van der Waals surface area contributed by atoms with E-state index in [0.29, 0.717) is 5.69 Å². The van der Waals surface area contributed by atoms with Crippen molar-refractivity contribution >= 4 is 11.6 Å². The van der Waals surface area contributed by atoms with Crippen molar-refractivity contribution in [2.24, 2.45) is 5.73 Å². The minimum atomic E-state index is -1.08. The molecule has 1 atom stereocenters. The predicted octanol–water partition coefficient (Wildman–Crippen LogP) is 2.51. The van der Waals surface area contributed by atoms with Crippen LogP contribution < -0.4 is 15.8 Å². The highest BCUT2D eigenvalue weighted by molar-refractivity contribution is 5.98. The number of hydrogen-bond donors (Lipinski definition) is 2. The van der Waals surface area contributed by atoms with E-state index in [1.54, 1.807) is 38.3 Å². The van der Waals surface area contributed by atoms with Gasteiger partial charge in [0.15, 0.2) is 0 Å². The van der Waals surface area contributed by atoms with Gasteiger partial charge in [0.1, 0.15) is 11.3 Å². The van der Waals surface area contributed by atoms with Gasteiger partial charge in [-0.25, -0.2) is 0 Å². The van der Waals surface area contributed by atoms with E-state index in [1.165, 1.54) is 0 Å². The lowest BCUT2D eigenvalue weighted by molar-refractivity contribution is -0.120. The zero-order valence-corrected chi connectivity index (χ0v) is 11.6. The molecular formula is C16H18N2O2. The predicted molar refractivity (Wildman–Crippen MR) is 79.6 cm³/mol. The number of amides is 1. The maximum absolute atomic E-state index is 12.3. The van der Waals surface area contributed by atoms with Crippen LogP contribution in [0.4, 0.5) is 5.69 Å². The molecule has 20 heavy (non-hydrogen) atoms. The van der Waals surface area contributed by atoms with E-state index in [-0.39, 0.29) is 5.91 Å². The Hall–Kier alpha value is -2.33. The van der Waals surface area contributed by atoms with Crippen LogP contribution >= 0.6 is 0 Å². The highest BCUT2D eigenvalue weighted by Gasteiger charge is 2.30. The van der Waals surface area contributed by atoms with Gasteiger partial charge in [0.05, 0.1) is 7.11 Å². The molecule has 1 amide bonds. The standard InChI is InChI=1S/C16H18N2O2/c1-16(17,12-6-4-3-5-7-12)15(19)18-13-8-10-14(20-2)11-9-13/h3-11H,17H2,1-2H3,(H,18,19). The Balaban J connectivity index is 2.14. The van der Waals surface area contributed by atoms with Gasteiger partial charge in [-0.1, -0.05) is 30.3 Å². The fraction of sp³-hybridized carbons (Fsp3) is 0.188. The Kier molecular flexibility index (Phi) is 4.05. The molecular weight excluding hydrogens is 252 g/mol. The number of carbonyl (C=O) groups excluding carboxylic acids is 1. The Morgan fingerprint density at radius 1 is 1.10 bits per heavy atom. The van der Waals surface area contributed by atoms with Crippen LogP contribution in [0.5, 0.6) is 5.75 Å². The van der Waals surface area contributed by atoms with Crippen LogP contribution in [0.15, 0.2) is 54.6 Å². The normalized spacial score (nSPS) is 13.3. The van der Waals surface area contributed by atoms with Crippen molar-refractivity contribution in [2.75, 3.05) is 12.4 Å². The van der Waals surface area contributed by atoms with Gasteiger partial charge in [-0.3, -0.25) is 4.79 Å². The number of nitrogens with two attached hydrogens (primary N) is 1. The van der Waals surface area contributed by atoms with Crippen molar-refractivity contribution in [3.8, 4) is 5.75 Å². The minimum absolute atomic E-state index is 0.256. The Labute approximate surface area is 118 Å². The van der Waals surface area contributed by atoms with E-state index in [1.807, 2.05) is 30.3 Å². The van der Waals surface area contributed by atoms with Crippen molar-refractivity contribution < 1.29 is 9.53 Å². The maximum atomic E-state index is 12.3. The van der Waals surface area contributed by atoms with Crippen LogP contribution in [0.3, 0.4) is 0 Å². The number of nitrogens with one attached hydrogen (secondary N) is 1. The highest BCUT2D eigenvalue weighted by Crippen LogP contribution is 2.21. The first kappa shape index (κ1) is 14.1. The lowest BCUT2D eigenvalue weighted by Gasteiger charge is -2.24. The molecule has 2 aromatic carbocycles. The van der Waals surface area contributed by atoms with E-state index in [0.717, 1.165) is 11.3 Å². The number of anilines is 1. The van der Waals surface area contributed by atoms with Crippen LogP contribution in [0.1, 0.15) is 12.5 Å². The van der Waals surface area contributed by atoms with Gasteiger partial charge in [-0.2, -0.15) is 0 Å². The average Bonchev–Trinajstić information content (AvgIpc) is 2.49. The minimum Gasteiger partial charge on any atom is -0.497 e. The average molecular weight is 270 g/mol. The van der Waals surface area contributed by atoms with Gasteiger partial charge in [0.2, 0.25) is 5.91 Å². The van der Waals surface area contributed by atoms with E-state index in [9.17, 15) is 4.79 Å². The lowest BCUT2D eigenvalue weighted by Crippen LogP contribution is -2.45. The maximum Gasteiger partial charge on any atom is 0.248 e. The second-order valence-electron chi connectivity index (χ2n) is 4.75. The summed E-state index contributed by atoms with van der Waals surface area (Å²) >= 11 is 0. The first-order valence-electron chi connectivity index (χ1n) is 6.34. The third kappa shape index (κ3) is 2.97. The largest absolute Gasteiger partial charge is 0.497 e. The Morgan fingerprint density at radius 3 is 2.25 bits per heavy atom. The van der Waals surface area contributed by atoms with Gasteiger partial charge < -0.3 is 15.8 Å². The van der Waals surface area contributed by atoms with Crippen LogP contribution in [-0.4, -0.2) is 13.0 Å². The molecule has 0 aliphatic rings. The zero-order valence-electron chi connectivity index (χ0n) is 11.6. The number of methoxy groups -OCH3 is 1. The number of rotatable bonds is 4. The third-order valence-corrected chi connectivity index (χ3v) is 3.19. The summed E-state index contributed by atoms with van der Waals surface area (Å²) in [5.41, 5.74) is 6.52. The van der Waals surface area contributed by atoms with Crippen molar-refractivity contribution in [3.05, 3.63) is 60.2 Å². The highest BCUT2D eigenvalue weighted by atomic mass is 16.5. The van der Waals surface area contributed by atoms with Gasteiger partial charge in [-0.05, 0) is 36.8 Å². The Bertz CT molecular complexity index is 577. The van der Waals surface area contributed by atoms with Gasteiger partial charge >= 0.3 is 0 Å². The summed E-state index contributed by atoms with van der Waals surface area (Å²) in [5, 5.41) is 2.81. The van der Waals surface area contributed by atoms with Crippen LogP contribution in [0, 0.1) is 0 Å². The van der Waals surface area contributed by atoms with Gasteiger partial charge in [-0.15, -0.1) is 0 Å². The van der Waals surface area contributed by atoms with E-state index < -0.39 is 5.54 Å². The summed E-state index contributed by atoms with van der Waals surface area (Å²) in [6.45, 7) is 1.70. The third-order valence-electron chi connectivity index (χ3n) is 3.19. The Morgan fingerprint density at radius 2 is 1.70 bits per heavy atom. The van der Waals surface area contributed by atoms with Crippen LogP contribution in [0.25, 0.3) is 0 Å². The number of ether oxygens (including phenoxy) is 1. The van der Waals surface area contributed by atoms with Gasteiger partial charge in [0, 0.05) is 5.69 Å². The van der Waals surface area contributed by atoms with Crippen molar-refractivity contribution in [1.82, 2.24) is 0 Å². The first-order valence-corrected chi connectivity index (χ1v) is 6.34. The molecule has 0 fully saturated rings. The summed E-state index contributed by atoms with van der Waals surface area (Å²) in [4.78, 5) is 12.3. The van der Waals surface area contributed by atoms with Gasteiger partial charge in [0.25, 0.3) is 0 Å². The molecule has 4 nitrogen and oxygen atoms in total. The summed E-state index contributed by atoms with van der Waals surface area (Å²) in [6.07, 6.45) is 0. The lowest BCUT2D eigenvalue weighted by atomic mass is 9.92. The number of hydrogen-bond acceptors (Lipinski definition) is 3. The zero-order chi connectivity index (χ0) is 14.6. The van der Waals surface area contributed by atoms with E-state index >= 15 is 0 Å². The number of carbonyl (C=O) groups is 1. The van der Waals surface area contributed by atoms with Crippen molar-refractivity contribution in [3.63, 3.8) is 0 Å². The molecule has 0 aliphatic carbocycles. The fourth-order valence-corrected chi connectivity index (χ4v) is 1.85. The summed E-state index contributed by atoms with van der Waals surface area (Å²) < 4.78 is 5.07. The van der Waals surface area contributed by atoms with Crippen molar-refractivity contribution in [2.45, 2.75) is 12.5 Å². The number of benzene rings is 2. The van der Waals surface area contributed by atoms with E-state index in [2.05, 4.69) is 5.32 Å². The molecule has 0 spiro atoms. The molecule has 3 N–H and O–H groups in total.